The molecule has 2 aromatic carbocycles. The molecule has 0 heterocycles. The second kappa shape index (κ2) is 8.51. The molecule has 0 aliphatic carbocycles. The van der Waals surface area contributed by atoms with E-state index in [9.17, 15) is 5.11 Å². The van der Waals surface area contributed by atoms with Crippen LogP contribution in [0.3, 0.4) is 0 Å². The Kier molecular flexibility index (Phi) is 7.01. The Morgan fingerprint density at radius 2 is 1.86 bits per heavy atom. The molecule has 21 heavy (non-hydrogen) atoms. The fourth-order valence-electron chi connectivity index (χ4n) is 1.84. The molecule has 2 rings (SSSR count). The van der Waals surface area contributed by atoms with Crippen LogP contribution in [0.1, 0.15) is 18.1 Å². The van der Waals surface area contributed by atoms with Crippen LogP contribution in [0.4, 0.5) is 5.69 Å². The lowest BCUT2D eigenvalue weighted by Crippen LogP contribution is -2.22. The number of phenolic OH excluding ortho intramolecular Hbond substituents is 1. The highest BCUT2D eigenvalue weighted by Crippen LogP contribution is 2.12. The lowest BCUT2D eigenvalue weighted by atomic mass is 10.1. The number of nitrogens with two attached hydrogens (primary N) is 1. The largest absolute Gasteiger partial charge is 0.508 e. The van der Waals surface area contributed by atoms with E-state index in [1.54, 1.807) is 18.2 Å². The first-order valence-electron chi connectivity index (χ1n) is 6.61. The fourth-order valence-corrected chi connectivity index (χ4v) is 1.84. The number of nitrogens with one attached hydrogen (secondary N) is 1. The number of aromatic hydroxyl groups is 1. The molecule has 2 aromatic rings. The first-order chi connectivity index (χ1) is 9.67. The Balaban J connectivity index is 0.00000220. The van der Waals surface area contributed by atoms with Gasteiger partial charge < -0.3 is 16.2 Å². The molecule has 0 saturated heterocycles. The van der Waals surface area contributed by atoms with E-state index in [1.165, 1.54) is 5.56 Å². The number of rotatable bonds is 4. The van der Waals surface area contributed by atoms with Gasteiger partial charge in [-0.2, -0.15) is 0 Å². The summed E-state index contributed by atoms with van der Waals surface area (Å²) in [5.41, 5.74) is 8.95. The second-order valence-corrected chi connectivity index (χ2v) is 4.55. The maximum Gasteiger partial charge on any atom is 0.193 e. The van der Waals surface area contributed by atoms with Crippen molar-refractivity contribution in [2.24, 2.45) is 10.7 Å². The third-order valence-electron chi connectivity index (χ3n) is 2.98. The summed E-state index contributed by atoms with van der Waals surface area (Å²) in [5, 5.41) is 12.4. The van der Waals surface area contributed by atoms with Crippen molar-refractivity contribution in [3.63, 3.8) is 0 Å². The number of aliphatic imine (C=N–C) groups is 1. The minimum Gasteiger partial charge on any atom is -0.508 e. The molecule has 0 spiro atoms. The van der Waals surface area contributed by atoms with E-state index in [-0.39, 0.29) is 29.7 Å². The number of benzene rings is 2. The Hall–Kier alpha value is -1.76. The number of phenols is 1. The minimum absolute atomic E-state index is 0. The van der Waals surface area contributed by atoms with Crippen LogP contribution in [-0.2, 0) is 13.0 Å². The van der Waals surface area contributed by atoms with Crippen LogP contribution < -0.4 is 11.1 Å². The molecule has 0 saturated carbocycles. The first kappa shape index (κ1) is 17.3. The van der Waals surface area contributed by atoms with Gasteiger partial charge in [-0.15, -0.1) is 24.0 Å². The maximum absolute atomic E-state index is 9.37. The predicted molar refractivity (Wildman–Crippen MR) is 98.3 cm³/mol. The van der Waals surface area contributed by atoms with Gasteiger partial charge in [0.05, 0.1) is 6.54 Å². The molecular formula is C16H20IN3O. The van der Waals surface area contributed by atoms with E-state index in [0.29, 0.717) is 12.5 Å². The zero-order valence-corrected chi connectivity index (χ0v) is 14.2. The molecule has 0 amide bonds. The molecule has 0 bridgehead atoms. The lowest BCUT2D eigenvalue weighted by Gasteiger charge is -2.06. The number of nitrogens with zero attached hydrogens (tertiary/aromatic N) is 1. The van der Waals surface area contributed by atoms with Gasteiger partial charge in [0.15, 0.2) is 5.96 Å². The van der Waals surface area contributed by atoms with Crippen molar-refractivity contribution in [1.82, 2.24) is 0 Å². The number of anilines is 1. The van der Waals surface area contributed by atoms with Crippen molar-refractivity contribution < 1.29 is 5.11 Å². The molecule has 0 aliphatic rings. The van der Waals surface area contributed by atoms with E-state index >= 15 is 0 Å². The summed E-state index contributed by atoms with van der Waals surface area (Å²) in [6.07, 6.45) is 1.02. The molecular weight excluding hydrogens is 377 g/mol. The highest BCUT2D eigenvalue weighted by molar-refractivity contribution is 14.0. The quantitative estimate of drug-likeness (QED) is 0.420. The number of guanidine groups is 1. The smallest absolute Gasteiger partial charge is 0.193 e. The fraction of sp³-hybridized carbons (Fsp3) is 0.188. The Morgan fingerprint density at radius 1 is 1.14 bits per heavy atom. The van der Waals surface area contributed by atoms with Crippen LogP contribution in [0.25, 0.3) is 0 Å². The topological polar surface area (TPSA) is 70.6 Å². The van der Waals surface area contributed by atoms with Crippen LogP contribution in [0.15, 0.2) is 53.5 Å². The maximum atomic E-state index is 9.37. The highest BCUT2D eigenvalue weighted by Gasteiger charge is 1.97. The molecule has 0 unspecified atom stereocenters. The summed E-state index contributed by atoms with van der Waals surface area (Å²) in [5.74, 6) is 0.594. The van der Waals surface area contributed by atoms with Gasteiger partial charge in [-0.1, -0.05) is 31.2 Å². The van der Waals surface area contributed by atoms with Crippen molar-refractivity contribution in [3.8, 4) is 5.75 Å². The van der Waals surface area contributed by atoms with E-state index in [0.717, 1.165) is 17.7 Å². The van der Waals surface area contributed by atoms with E-state index in [1.807, 2.05) is 18.2 Å². The normalized spacial score (nSPS) is 10.8. The number of halogens is 1. The molecule has 112 valence electrons. The average Bonchev–Trinajstić information content (AvgIpc) is 2.46. The van der Waals surface area contributed by atoms with Crippen LogP contribution in [0.5, 0.6) is 5.75 Å². The van der Waals surface area contributed by atoms with Crippen molar-refractivity contribution in [1.29, 1.82) is 0 Å². The number of aryl methyl sites for hydroxylation is 1. The van der Waals surface area contributed by atoms with Gasteiger partial charge in [0, 0.05) is 5.69 Å². The van der Waals surface area contributed by atoms with Crippen LogP contribution in [0.2, 0.25) is 0 Å². The SMILES string of the molecule is CCc1ccc(NC(N)=NCc2cccc(O)c2)cc1.I. The van der Waals surface area contributed by atoms with Gasteiger partial charge in [0.1, 0.15) is 5.75 Å². The van der Waals surface area contributed by atoms with E-state index in [4.69, 9.17) is 5.73 Å². The third-order valence-corrected chi connectivity index (χ3v) is 2.98. The summed E-state index contributed by atoms with van der Waals surface area (Å²) in [4.78, 5) is 4.25. The predicted octanol–water partition coefficient (Wildman–Crippen LogP) is 3.50. The summed E-state index contributed by atoms with van der Waals surface area (Å²) >= 11 is 0. The number of hydrogen-bond acceptors (Lipinski definition) is 2. The second-order valence-electron chi connectivity index (χ2n) is 4.55. The van der Waals surface area contributed by atoms with Gasteiger partial charge >= 0.3 is 0 Å². The average molecular weight is 397 g/mol. The van der Waals surface area contributed by atoms with Gasteiger partial charge in [-0.25, -0.2) is 4.99 Å². The molecule has 0 aliphatic heterocycles. The zero-order valence-electron chi connectivity index (χ0n) is 11.9. The van der Waals surface area contributed by atoms with Crippen molar-refractivity contribution in [3.05, 3.63) is 59.7 Å². The molecule has 4 nitrogen and oxygen atoms in total. The standard InChI is InChI=1S/C16H19N3O.HI/c1-2-12-6-8-14(9-7-12)19-16(17)18-11-13-4-3-5-15(20)10-13;/h3-10,20H,2,11H2,1H3,(H3,17,18,19);1H. The Morgan fingerprint density at radius 3 is 2.48 bits per heavy atom. The molecule has 4 N–H and O–H groups in total. The van der Waals surface area contributed by atoms with Crippen molar-refractivity contribution in [2.75, 3.05) is 5.32 Å². The first-order valence-corrected chi connectivity index (χ1v) is 6.61. The van der Waals surface area contributed by atoms with Gasteiger partial charge in [-0.3, -0.25) is 0 Å². The van der Waals surface area contributed by atoms with E-state index < -0.39 is 0 Å². The zero-order chi connectivity index (χ0) is 14.4. The highest BCUT2D eigenvalue weighted by atomic mass is 127. The van der Waals surface area contributed by atoms with Crippen LogP contribution in [-0.4, -0.2) is 11.1 Å². The summed E-state index contributed by atoms with van der Waals surface area (Å²) in [7, 11) is 0. The molecule has 0 radical (unpaired) electrons. The monoisotopic (exact) mass is 397 g/mol. The Labute approximate surface area is 142 Å². The van der Waals surface area contributed by atoms with Crippen molar-refractivity contribution in [2.45, 2.75) is 19.9 Å². The van der Waals surface area contributed by atoms with Crippen LogP contribution >= 0.6 is 24.0 Å². The summed E-state index contributed by atoms with van der Waals surface area (Å²) < 4.78 is 0. The van der Waals surface area contributed by atoms with Gasteiger partial charge in [0.25, 0.3) is 0 Å². The minimum atomic E-state index is 0. The molecule has 0 aromatic heterocycles. The number of hydrogen-bond donors (Lipinski definition) is 3. The summed E-state index contributed by atoms with van der Waals surface area (Å²) in [6, 6.07) is 15.1. The molecule has 0 fully saturated rings. The Bertz CT molecular complexity index is 597. The third kappa shape index (κ3) is 5.63. The molecule has 0 atom stereocenters. The van der Waals surface area contributed by atoms with Gasteiger partial charge in [0.2, 0.25) is 0 Å². The van der Waals surface area contributed by atoms with Crippen LogP contribution in [0, 0.1) is 0 Å². The van der Waals surface area contributed by atoms with Crippen molar-refractivity contribution >= 4 is 35.6 Å². The molecule has 5 heteroatoms. The summed E-state index contributed by atoms with van der Waals surface area (Å²) in [6.45, 7) is 2.55. The lowest BCUT2D eigenvalue weighted by molar-refractivity contribution is 0.474. The van der Waals surface area contributed by atoms with E-state index in [2.05, 4.69) is 29.4 Å². The van der Waals surface area contributed by atoms with Gasteiger partial charge in [-0.05, 0) is 41.8 Å².